The van der Waals surface area contributed by atoms with Crippen LogP contribution >= 0.6 is 11.6 Å². The summed E-state index contributed by atoms with van der Waals surface area (Å²) in [6.45, 7) is 1.56. The van der Waals surface area contributed by atoms with E-state index < -0.39 is 55.5 Å². The van der Waals surface area contributed by atoms with E-state index in [0.29, 0.717) is 16.3 Å². The van der Waals surface area contributed by atoms with Gasteiger partial charge in [0, 0.05) is 37.3 Å². The molecular weight excluding hydrogens is 587 g/mol. The van der Waals surface area contributed by atoms with Gasteiger partial charge in [0.2, 0.25) is 5.95 Å². The Morgan fingerprint density at radius 2 is 1.90 bits per heavy atom. The van der Waals surface area contributed by atoms with Gasteiger partial charge in [0.15, 0.2) is 17.0 Å². The van der Waals surface area contributed by atoms with Gasteiger partial charge >= 0.3 is 0 Å². The van der Waals surface area contributed by atoms with E-state index in [9.17, 15) is 17.6 Å². The number of rotatable bonds is 11. The Morgan fingerprint density at radius 1 is 1.15 bits per heavy atom. The number of carbonyl (C=O) groups is 1. The highest BCUT2D eigenvalue weighted by Gasteiger charge is 2.41. The molecule has 1 aromatic heterocycles. The van der Waals surface area contributed by atoms with Gasteiger partial charge in [-0.3, -0.25) is 0 Å². The van der Waals surface area contributed by atoms with Gasteiger partial charge in [-0.15, -0.1) is 0 Å². The maximum atomic E-state index is 15.8. The molecule has 1 saturated heterocycles. The molecular formula is C27H27ClF3N3O6S. The van der Waals surface area contributed by atoms with Crippen molar-refractivity contribution in [2.75, 3.05) is 43.1 Å². The van der Waals surface area contributed by atoms with Crippen molar-refractivity contribution in [2.24, 2.45) is 0 Å². The minimum atomic E-state index is -5.09. The van der Waals surface area contributed by atoms with Crippen molar-refractivity contribution in [1.82, 2.24) is 4.98 Å². The first-order valence-corrected chi connectivity index (χ1v) is 14.2. The first-order valence-electron chi connectivity index (χ1n) is 12.4. The number of ether oxygens (including phenoxy) is 3. The molecule has 41 heavy (non-hydrogen) atoms. The topological polar surface area (TPSA) is 98.3 Å². The molecule has 1 unspecified atom stereocenters. The van der Waals surface area contributed by atoms with Crippen molar-refractivity contribution in [3.05, 3.63) is 70.6 Å². The lowest BCUT2D eigenvalue weighted by Gasteiger charge is -2.27. The fraction of sp³-hybridized carbons (Fsp3) is 0.333. The molecule has 9 nitrogen and oxygen atoms in total. The Hall–Kier alpha value is -3.55. The van der Waals surface area contributed by atoms with Crippen LogP contribution in [0.15, 0.2) is 47.4 Å². The first kappa shape index (κ1) is 30.4. The molecule has 0 N–H and O–H groups in total. The maximum absolute atomic E-state index is 15.8. The number of aromatic nitrogens is 1. The number of hydrogen-bond acceptors (Lipinski definition) is 8. The Labute approximate surface area is 240 Å². The maximum Gasteiger partial charge on any atom is 0.271 e. The van der Waals surface area contributed by atoms with Crippen LogP contribution in [-0.2, 0) is 26.1 Å². The summed E-state index contributed by atoms with van der Waals surface area (Å²) in [5, 5.41) is -0.669. The molecule has 14 heteroatoms. The van der Waals surface area contributed by atoms with E-state index in [4.69, 9.17) is 25.8 Å². The number of nitrogens with zero attached hydrogens (tertiary/aromatic N) is 3. The summed E-state index contributed by atoms with van der Waals surface area (Å²) in [5.41, 5.74) is -1.06. The molecule has 1 aliphatic rings. The average molecular weight is 614 g/mol. The number of pyridine rings is 1. The Kier molecular flexibility index (Phi) is 9.00. The van der Waals surface area contributed by atoms with Gasteiger partial charge in [-0.25, -0.2) is 26.5 Å². The molecule has 0 bridgehead atoms. The number of carbonyl (C=O) groups excluding carboxylic acids is 1. The van der Waals surface area contributed by atoms with E-state index in [-0.39, 0.29) is 43.1 Å². The van der Waals surface area contributed by atoms with Gasteiger partial charge in [-0.2, -0.15) is 4.39 Å². The zero-order valence-corrected chi connectivity index (χ0v) is 23.9. The second-order valence-electron chi connectivity index (χ2n) is 9.13. The number of sulfonamides is 1. The lowest BCUT2D eigenvalue weighted by Crippen LogP contribution is -2.38. The minimum Gasteiger partial charge on any atom is -0.497 e. The van der Waals surface area contributed by atoms with Gasteiger partial charge in [0.05, 0.1) is 33.0 Å². The van der Waals surface area contributed by atoms with Crippen LogP contribution in [0.3, 0.4) is 0 Å². The normalized spacial score (nSPS) is 17.0. The van der Waals surface area contributed by atoms with E-state index in [1.807, 2.05) is 0 Å². The van der Waals surface area contributed by atoms with E-state index in [1.54, 1.807) is 6.92 Å². The third kappa shape index (κ3) is 5.92. The number of halogens is 4. The van der Waals surface area contributed by atoms with Gasteiger partial charge in [0.25, 0.3) is 10.0 Å². The second-order valence-corrected chi connectivity index (χ2v) is 11.3. The van der Waals surface area contributed by atoms with Crippen molar-refractivity contribution in [2.45, 2.75) is 30.4 Å². The molecule has 4 rings (SSSR count). The summed E-state index contributed by atoms with van der Waals surface area (Å²) in [5.74, 6) is -3.82. The first-order chi connectivity index (χ1) is 19.5. The molecule has 0 spiro atoms. The smallest absolute Gasteiger partial charge is 0.271 e. The van der Waals surface area contributed by atoms with Crippen LogP contribution in [-0.4, -0.2) is 59.2 Å². The number of hydrogen-bond donors (Lipinski definition) is 0. The highest BCUT2D eigenvalue weighted by Crippen LogP contribution is 2.40. The number of methoxy groups -OCH3 is 2. The number of benzene rings is 2. The fourth-order valence-electron chi connectivity index (χ4n) is 4.65. The quantitative estimate of drug-likeness (QED) is 0.174. The van der Waals surface area contributed by atoms with Crippen LogP contribution in [0.5, 0.6) is 11.5 Å². The molecule has 2 heterocycles. The Morgan fingerprint density at radius 3 is 2.54 bits per heavy atom. The predicted octanol–water partition coefficient (Wildman–Crippen LogP) is 4.75. The third-order valence-electron chi connectivity index (χ3n) is 6.66. The van der Waals surface area contributed by atoms with Crippen LogP contribution in [0.25, 0.3) is 0 Å². The SMILES string of the molecule is CCOC1(C=O)CCN(c2cc(F)c(S(=O)(=O)N(Cc3ccc(OC)cc3OC)c3cccc(F)n3)c(F)c2Cl)C1. The van der Waals surface area contributed by atoms with Crippen molar-refractivity contribution in [3.8, 4) is 11.5 Å². The number of anilines is 2. The van der Waals surface area contributed by atoms with E-state index in [1.165, 1.54) is 49.5 Å². The second kappa shape index (κ2) is 12.1. The molecule has 0 amide bonds. The molecule has 1 atom stereocenters. The van der Waals surface area contributed by atoms with Crippen LogP contribution in [0, 0.1) is 17.6 Å². The lowest BCUT2D eigenvalue weighted by atomic mass is 10.1. The van der Waals surface area contributed by atoms with Crippen molar-refractivity contribution in [1.29, 1.82) is 0 Å². The largest absolute Gasteiger partial charge is 0.497 e. The molecule has 0 saturated carbocycles. The molecule has 1 fully saturated rings. The highest BCUT2D eigenvalue weighted by molar-refractivity contribution is 7.92. The Bertz CT molecular complexity index is 1560. The van der Waals surface area contributed by atoms with E-state index in [0.717, 1.165) is 12.1 Å². The van der Waals surface area contributed by atoms with Gasteiger partial charge in [-0.1, -0.05) is 17.7 Å². The summed E-state index contributed by atoms with van der Waals surface area (Å²) >= 11 is 6.28. The summed E-state index contributed by atoms with van der Waals surface area (Å²) in [6.07, 6.45) is 0.875. The molecule has 0 aliphatic carbocycles. The highest BCUT2D eigenvalue weighted by atomic mass is 35.5. The standard InChI is InChI=1S/C27H27ClF3N3O6S/c1-4-40-27(16-35)10-11-33(15-27)20-13-19(29)26(25(31)24(20)28)41(36,37)34(23-7-5-6-22(30)32-23)14-17-8-9-18(38-2)12-21(17)39-3/h5-9,12-13,16H,4,10-11,14-15H2,1-3H3. The van der Waals surface area contributed by atoms with Gasteiger partial charge in [0.1, 0.15) is 33.8 Å². The monoisotopic (exact) mass is 613 g/mol. The summed E-state index contributed by atoms with van der Waals surface area (Å²) in [4.78, 5) is 15.4. The summed E-state index contributed by atoms with van der Waals surface area (Å²) < 4.78 is 90.0. The lowest BCUT2D eigenvalue weighted by molar-refractivity contribution is -0.128. The van der Waals surface area contributed by atoms with Crippen molar-refractivity contribution >= 4 is 39.4 Å². The van der Waals surface area contributed by atoms with Crippen molar-refractivity contribution < 1.29 is 40.6 Å². The summed E-state index contributed by atoms with van der Waals surface area (Å²) in [7, 11) is -2.31. The van der Waals surface area contributed by atoms with Crippen LogP contribution in [0.1, 0.15) is 18.9 Å². The molecule has 3 aromatic rings. The van der Waals surface area contributed by atoms with Gasteiger partial charge in [-0.05, 0) is 31.2 Å². The molecule has 0 radical (unpaired) electrons. The molecule has 2 aromatic carbocycles. The van der Waals surface area contributed by atoms with Crippen molar-refractivity contribution in [3.63, 3.8) is 0 Å². The minimum absolute atomic E-state index is 0.0361. The molecule has 1 aliphatic heterocycles. The predicted molar refractivity (Wildman–Crippen MR) is 146 cm³/mol. The van der Waals surface area contributed by atoms with Gasteiger partial charge < -0.3 is 23.9 Å². The van der Waals surface area contributed by atoms with Crippen LogP contribution < -0.4 is 18.7 Å². The third-order valence-corrected chi connectivity index (χ3v) is 8.81. The number of aldehydes is 1. The van der Waals surface area contributed by atoms with Crippen LogP contribution in [0.2, 0.25) is 5.02 Å². The van der Waals surface area contributed by atoms with Crippen LogP contribution in [0.4, 0.5) is 24.7 Å². The molecule has 220 valence electrons. The fourth-order valence-corrected chi connectivity index (χ4v) is 6.49. The van der Waals surface area contributed by atoms with E-state index >= 15 is 8.78 Å². The average Bonchev–Trinajstić information content (AvgIpc) is 3.37. The van der Waals surface area contributed by atoms with E-state index in [2.05, 4.69) is 4.98 Å². The Balaban J connectivity index is 1.81. The zero-order valence-electron chi connectivity index (χ0n) is 22.4. The zero-order chi connectivity index (χ0) is 29.9. The summed E-state index contributed by atoms with van der Waals surface area (Å²) in [6, 6.07) is 8.69.